The minimum atomic E-state index is -0.903. The number of aliphatic imine (C=N–C) groups is 1. The van der Waals surface area contributed by atoms with Crippen molar-refractivity contribution in [3.05, 3.63) is 29.8 Å². The Morgan fingerprint density at radius 2 is 2.05 bits per heavy atom. The Bertz CT molecular complexity index is 530. The second-order valence-corrected chi connectivity index (χ2v) is 6.37. The number of hydrogen-bond donors (Lipinski definition) is 0. The van der Waals surface area contributed by atoms with Crippen molar-refractivity contribution >= 4 is 43.5 Å². The molecular weight excluding hydrogens is 390 g/mol. The lowest BCUT2D eigenvalue weighted by Crippen LogP contribution is -2.46. The third kappa shape index (κ3) is 2.51. The van der Waals surface area contributed by atoms with Crippen molar-refractivity contribution in [3.8, 4) is 5.75 Å². The van der Waals surface area contributed by atoms with Gasteiger partial charge in [-0.15, -0.1) is 0 Å². The minimum absolute atomic E-state index is 0.0204. The van der Waals surface area contributed by atoms with Gasteiger partial charge in [0.25, 0.3) is 0 Å². The van der Waals surface area contributed by atoms with E-state index in [4.69, 9.17) is 9.47 Å². The van der Waals surface area contributed by atoms with Gasteiger partial charge in [-0.3, -0.25) is 9.79 Å². The Balaban J connectivity index is 2.40. The van der Waals surface area contributed by atoms with Gasteiger partial charge in [-0.05, 0) is 29.8 Å². The highest BCUT2D eigenvalue weighted by Crippen LogP contribution is 2.40. The molecule has 0 N–H and O–H groups in total. The lowest BCUT2D eigenvalue weighted by molar-refractivity contribution is -0.142. The molecule has 1 aromatic carbocycles. The maximum absolute atomic E-state index is 12.2. The summed E-state index contributed by atoms with van der Waals surface area (Å²) < 4.78 is 9.19. The summed E-state index contributed by atoms with van der Waals surface area (Å²) in [5, 5.41) is 0.663. The molecule has 0 aromatic heterocycles. The fraction of sp³-hybridized carbons (Fsp3) is 0.429. The van der Waals surface area contributed by atoms with Gasteiger partial charge in [0.2, 0.25) is 0 Å². The molecule has 1 aliphatic rings. The zero-order chi connectivity index (χ0) is 14.8. The first-order chi connectivity index (χ1) is 9.57. The van der Waals surface area contributed by atoms with Crippen LogP contribution in [0, 0.1) is 5.92 Å². The molecule has 0 bridgehead atoms. The smallest absolute Gasteiger partial charge is 0.329 e. The first kappa shape index (κ1) is 15.5. The van der Waals surface area contributed by atoms with E-state index in [1.165, 1.54) is 7.11 Å². The summed E-state index contributed by atoms with van der Waals surface area (Å²) in [6, 6.07) is 7.49. The number of methoxy groups -OCH3 is 2. The highest BCUT2D eigenvalue weighted by atomic mass is 79.9. The molecule has 1 aliphatic heterocycles. The van der Waals surface area contributed by atoms with Gasteiger partial charge in [-0.2, -0.15) is 0 Å². The summed E-state index contributed by atoms with van der Waals surface area (Å²) in [5.74, 6) is 0.462. The maximum Gasteiger partial charge on any atom is 0.329 e. The summed E-state index contributed by atoms with van der Waals surface area (Å²) in [6.45, 7) is 0.576. The van der Waals surface area contributed by atoms with Crippen LogP contribution >= 0.6 is 31.9 Å². The molecule has 108 valence electrons. The van der Waals surface area contributed by atoms with Crippen LogP contribution < -0.4 is 4.74 Å². The van der Waals surface area contributed by atoms with Crippen molar-refractivity contribution in [2.75, 3.05) is 26.1 Å². The lowest BCUT2D eigenvalue weighted by atomic mass is 9.89. The number of alkyl halides is 2. The van der Waals surface area contributed by atoms with Gasteiger partial charge in [-0.25, -0.2) is 0 Å². The van der Waals surface area contributed by atoms with Crippen LogP contribution in [-0.4, -0.2) is 42.1 Å². The number of esters is 1. The van der Waals surface area contributed by atoms with Gasteiger partial charge in [0, 0.05) is 17.8 Å². The first-order valence-corrected chi connectivity index (χ1v) is 8.02. The Labute approximate surface area is 134 Å². The number of rotatable bonds is 4. The minimum Gasteiger partial charge on any atom is -0.497 e. The van der Waals surface area contributed by atoms with E-state index in [-0.39, 0.29) is 11.9 Å². The van der Waals surface area contributed by atoms with Crippen molar-refractivity contribution in [1.82, 2.24) is 0 Å². The van der Waals surface area contributed by atoms with Crippen LogP contribution in [0.15, 0.2) is 29.3 Å². The third-order valence-electron chi connectivity index (χ3n) is 3.41. The Hall–Kier alpha value is -0.880. The van der Waals surface area contributed by atoms with E-state index in [9.17, 15) is 4.79 Å². The summed E-state index contributed by atoms with van der Waals surface area (Å²) in [7, 11) is 3.01. The molecule has 0 saturated carbocycles. The molecule has 20 heavy (non-hydrogen) atoms. The summed E-state index contributed by atoms with van der Waals surface area (Å²) >= 11 is 7.01. The topological polar surface area (TPSA) is 47.9 Å². The van der Waals surface area contributed by atoms with Gasteiger partial charge in [0.05, 0.1) is 19.9 Å². The molecule has 1 aromatic rings. The van der Waals surface area contributed by atoms with E-state index >= 15 is 0 Å². The van der Waals surface area contributed by atoms with Gasteiger partial charge in [0.15, 0.2) is 4.32 Å². The molecule has 0 amide bonds. The zero-order valence-corrected chi connectivity index (χ0v) is 14.4. The molecular formula is C14H15Br2NO3. The Morgan fingerprint density at radius 3 is 2.55 bits per heavy atom. The Morgan fingerprint density at radius 1 is 1.40 bits per heavy atom. The SMILES string of the molecule is COC(=O)C1(Br)C(c2ccc(OC)cc2)=NCC1CBr. The number of carbonyl (C=O) groups excluding carboxylic acids is 1. The monoisotopic (exact) mass is 403 g/mol. The predicted octanol–water partition coefficient (Wildman–Crippen LogP) is 2.82. The molecule has 2 rings (SSSR count). The van der Waals surface area contributed by atoms with Gasteiger partial charge < -0.3 is 9.47 Å². The maximum atomic E-state index is 12.2. The first-order valence-electron chi connectivity index (χ1n) is 6.10. The number of halogens is 2. The average Bonchev–Trinajstić information content (AvgIpc) is 2.84. The summed E-state index contributed by atoms with van der Waals surface area (Å²) in [5.41, 5.74) is 1.59. The van der Waals surface area contributed by atoms with E-state index < -0.39 is 4.32 Å². The predicted molar refractivity (Wildman–Crippen MR) is 85.4 cm³/mol. The average molecular weight is 405 g/mol. The van der Waals surface area contributed by atoms with E-state index in [2.05, 4.69) is 36.9 Å². The van der Waals surface area contributed by atoms with Crippen molar-refractivity contribution < 1.29 is 14.3 Å². The van der Waals surface area contributed by atoms with E-state index in [0.29, 0.717) is 17.6 Å². The molecule has 0 fully saturated rings. The number of ether oxygens (including phenoxy) is 2. The summed E-state index contributed by atoms with van der Waals surface area (Å²) in [6.07, 6.45) is 0. The molecule has 1 heterocycles. The number of hydrogen-bond acceptors (Lipinski definition) is 4. The van der Waals surface area contributed by atoms with Gasteiger partial charge in [-0.1, -0.05) is 31.9 Å². The van der Waals surface area contributed by atoms with Gasteiger partial charge >= 0.3 is 5.97 Å². The quantitative estimate of drug-likeness (QED) is 0.572. The standard InChI is InChI=1S/C14H15Br2NO3/c1-19-11-5-3-9(4-6-11)12-14(16,13(18)20-2)10(7-15)8-17-12/h3-6,10H,7-8H2,1-2H3. The van der Waals surface area contributed by atoms with E-state index in [1.807, 2.05) is 24.3 Å². The fourth-order valence-corrected chi connectivity index (χ4v) is 4.20. The van der Waals surface area contributed by atoms with Crippen LogP contribution in [-0.2, 0) is 9.53 Å². The summed E-state index contributed by atoms with van der Waals surface area (Å²) in [4.78, 5) is 16.8. The Kier molecular flexibility index (Phi) is 4.86. The number of carbonyl (C=O) groups is 1. The fourth-order valence-electron chi connectivity index (χ4n) is 2.25. The second kappa shape index (κ2) is 6.26. The molecule has 4 nitrogen and oxygen atoms in total. The lowest BCUT2D eigenvalue weighted by Gasteiger charge is -2.27. The van der Waals surface area contributed by atoms with Crippen molar-refractivity contribution in [2.24, 2.45) is 10.9 Å². The van der Waals surface area contributed by atoms with E-state index in [1.54, 1.807) is 7.11 Å². The normalized spacial score (nSPS) is 25.2. The van der Waals surface area contributed by atoms with Crippen LogP contribution in [0.4, 0.5) is 0 Å². The number of nitrogens with zero attached hydrogens (tertiary/aromatic N) is 1. The molecule has 0 saturated heterocycles. The van der Waals surface area contributed by atoms with Crippen LogP contribution in [0.1, 0.15) is 5.56 Å². The highest BCUT2D eigenvalue weighted by Gasteiger charge is 2.52. The molecule has 6 heteroatoms. The highest BCUT2D eigenvalue weighted by molar-refractivity contribution is 9.10. The second-order valence-electron chi connectivity index (χ2n) is 4.47. The molecule has 0 spiro atoms. The van der Waals surface area contributed by atoms with E-state index in [0.717, 1.165) is 11.3 Å². The molecule has 0 aliphatic carbocycles. The van der Waals surface area contributed by atoms with Crippen LogP contribution in [0.3, 0.4) is 0 Å². The van der Waals surface area contributed by atoms with Crippen molar-refractivity contribution in [2.45, 2.75) is 4.32 Å². The third-order valence-corrected chi connectivity index (χ3v) is 5.54. The van der Waals surface area contributed by atoms with Crippen molar-refractivity contribution in [3.63, 3.8) is 0 Å². The number of benzene rings is 1. The largest absolute Gasteiger partial charge is 0.497 e. The van der Waals surface area contributed by atoms with Crippen LogP contribution in [0.25, 0.3) is 0 Å². The molecule has 2 unspecified atom stereocenters. The zero-order valence-electron chi connectivity index (χ0n) is 11.2. The molecule has 2 atom stereocenters. The molecule has 0 radical (unpaired) electrons. The van der Waals surface area contributed by atoms with Crippen molar-refractivity contribution in [1.29, 1.82) is 0 Å². The van der Waals surface area contributed by atoms with Gasteiger partial charge in [0.1, 0.15) is 5.75 Å². The van der Waals surface area contributed by atoms with Crippen LogP contribution in [0.2, 0.25) is 0 Å². The van der Waals surface area contributed by atoms with Crippen LogP contribution in [0.5, 0.6) is 5.75 Å².